The Morgan fingerprint density at radius 1 is 1.13 bits per heavy atom. The molecule has 5 heteroatoms. The highest BCUT2D eigenvalue weighted by atomic mass is 35.5. The van der Waals surface area contributed by atoms with Gasteiger partial charge in [0.2, 0.25) is 0 Å². The Labute approximate surface area is 140 Å². The van der Waals surface area contributed by atoms with E-state index in [1.165, 1.54) is 6.20 Å². The Morgan fingerprint density at radius 2 is 1.83 bits per heavy atom. The van der Waals surface area contributed by atoms with E-state index in [1.54, 1.807) is 24.3 Å². The van der Waals surface area contributed by atoms with E-state index >= 15 is 0 Å². The number of anilines is 1. The normalized spacial score (nSPS) is 10.7. The van der Waals surface area contributed by atoms with Gasteiger partial charge in [-0.15, -0.1) is 0 Å². The number of carbonyl (C=O) groups excluding carboxylic acids is 1. The fourth-order valence-corrected chi connectivity index (χ4v) is 2.04. The molecule has 0 aliphatic heterocycles. The zero-order valence-corrected chi connectivity index (χ0v) is 13.2. The molecule has 116 valence electrons. The average molecular weight is 326 g/mol. The summed E-state index contributed by atoms with van der Waals surface area (Å²) < 4.78 is 0. The number of hydrogen-bond donors (Lipinski definition) is 2. The molecule has 23 heavy (non-hydrogen) atoms. The third-order valence-corrected chi connectivity index (χ3v) is 3.39. The van der Waals surface area contributed by atoms with E-state index in [1.807, 2.05) is 36.4 Å². The molecule has 0 spiro atoms. The smallest absolute Gasteiger partial charge is 0.263 e. The summed E-state index contributed by atoms with van der Waals surface area (Å²) in [7, 11) is 0. The van der Waals surface area contributed by atoms with Crippen molar-refractivity contribution in [2.75, 3.05) is 11.9 Å². The van der Waals surface area contributed by atoms with Crippen molar-refractivity contribution in [2.24, 2.45) is 0 Å². The molecule has 0 radical (unpaired) electrons. The lowest BCUT2D eigenvalue weighted by molar-refractivity contribution is -0.117. The van der Waals surface area contributed by atoms with Gasteiger partial charge in [0.25, 0.3) is 5.91 Å². The first-order chi connectivity index (χ1) is 11.2. The maximum absolute atomic E-state index is 12.0. The molecule has 1 amide bonds. The molecule has 0 saturated heterocycles. The number of halogens is 1. The Balaban J connectivity index is 1.86. The first-order valence-corrected chi connectivity index (χ1v) is 7.51. The molecule has 0 aliphatic rings. The van der Waals surface area contributed by atoms with E-state index in [0.717, 1.165) is 17.7 Å². The van der Waals surface area contributed by atoms with Crippen LogP contribution in [0.15, 0.2) is 66.4 Å². The summed E-state index contributed by atoms with van der Waals surface area (Å²) >= 11 is 5.80. The van der Waals surface area contributed by atoms with Crippen molar-refractivity contribution in [2.45, 2.75) is 6.42 Å². The Morgan fingerprint density at radius 3 is 2.48 bits per heavy atom. The largest absolute Gasteiger partial charge is 0.360 e. The molecule has 2 aromatic carbocycles. The van der Waals surface area contributed by atoms with Crippen molar-refractivity contribution >= 4 is 23.2 Å². The fourth-order valence-electron chi connectivity index (χ4n) is 1.91. The second-order valence-corrected chi connectivity index (χ2v) is 5.25. The summed E-state index contributed by atoms with van der Waals surface area (Å²) in [6.07, 6.45) is 2.11. The predicted octanol–water partition coefficient (Wildman–Crippen LogP) is 3.52. The summed E-state index contributed by atoms with van der Waals surface area (Å²) in [5.41, 5.74) is 1.90. The number of rotatable bonds is 6. The predicted molar refractivity (Wildman–Crippen MR) is 91.9 cm³/mol. The van der Waals surface area contributed by atoms with Crippen molar-refractivity contribution in [3.8, 4) is 6.07 Å². The summed E-state index contributed by atoms with van der Waals surface area (Å²) in [5, 5.41) is 15.4. The first-order valence-electron chi connectivity index (χ1n) is 7.13. The third-order valence-electron chi connectivity index (χ3n) is 3.13. The van der Waals surface area contributed by atoms with Gasteiger partial charge >= 0.3 is 0 Å². The van der Waals surface area contributed by atoms with E-state index in [9.17, 15) is 4.79 Å². The van der Waals surface area contributed by atoms with E-state index in [0.29, 0.717) is 11.6 Å². The van der Waals surface area contributed by atoms with Gasteiger partial charge in [-0.1, -0.05) is 41.9 Å². The molecule has 0 atom stereocenters. The number of amides is 1. The Hall–Kier alpha value is -2.77. The fraction of sp³-hybridized carbons (Fsp3) is 0.111. The second kappa shape index (κ2) is 8.62. The number of nitrogens with one attached hydrogen (secondary N) is 2. The molecule has 2 rings (SSSR count). The van der Waals surface area contributed by atoms with Crippen LogP contribution in [0.2, 0.25) is 5.02 Å². The minimum absolute atomic E-state index is 0.0213. The van der Waals surface area contributed by atoms with Crippen molar-refractivity contribution in [3.63, 3.8) is 0 Å². The molecular formula is C18H16ClN3O. The molecule has 0 saturated carbocycles. The van der Waals surface area contributed by atoms with Gasteiger partial charge in [-0.2, -0.15) is 5.26 Å². The van der Waals surface area contributed by atoms with Crippen LogP contribution < -0.4 is 10.6 Å². The van der Waals surface area contributed by atoms with Crippen LogP contribution >= 0.6 is 11.6 Å². The quantitative estimate of drug-likeness (QED) is 0.631. The van der Waals surface area contributed by atoms with E-state index < -0.39 is 5.91 Å². The average Bonchev–Trinajstić information content (AvgIpc) is 2.58. The molecule has 0 bridgehead atoms. The number of carbonyl (C=O) groups is 1. The first kappa shape index (κ1) is 16.6. The zero-order chi connectivity index (χ0) is 16.5. The van der Waals surface area contributed by atoms with Gasteiger partial charge < -0.3 is 10.6 Å². The minimum Gasteiger partial charge on any atom is -0.360 e. The van der Waals surface area contributed by atoms with Gasteiger partial charge in [0.15, 0.2) is 0 Å². The van der Waals surface area contributed by atoms with Crippen LogP contribution in [0.1, 0.15) is 5.56 Å². The van der Waals surface area contributed by atoms with Crippen LogP contribution in [-0.4, -0.2) is 12.5 Å². The Bertz CT molecular complexity index is 718. The lowest BCUT2D eigenvalue weighted by Crippen LogP contribution is -2.27. The van der Waals surface area contributed by atoms with E-state index in [4.69, 9.17) is 16.9 Å². The maximum atomic E-state index is 12.0. The molecule has 0 aromatic heterocycles. The SMILES string of the molecule is N#C/C(=C/Nc1ccc(Cl)cc1)C(=O)NCCc1ccccc1. The van der Waals surface area contributed by atoms with Crippen LogP contribution in [0, 0.1) is 11.3 Å². The monoisotopic (exact) mass is 325 g/mol. The summed E-state index contributed by atoms with van der Waals surface area (Å²) in [6, 6.07) is 18.7. The topological polar surface area (TPSA) is 64.9 Å². The van der Waals surface area contributed by atoms with Gasteiger partial charge in [-0.25, -0.2) is 0 Å². The molecule has 2 N–H and O–H groups in total. The van der Waals surface area contributed by atoms with Gasteiger partial charge in [0.1, 0.15) is 11.6 Å². The zero-order valence-electron chi connectivity index (χ0n) is 12.4. The third kappa shape index (κ3) is 5.50. The van der Waals surface area contributed by atoms with Gasteiger partial charge in [-0.05, 0) is 36.2 Å². The highest BCUT2D eigenvalue weighted by molar-refractivity contribution is 6.30. The summed E-state index contributed by atoms with van der Waals surface area (Å²) in [6.45, 7) is 0.475. The molecule has 4 nitrogen and oxygen atoms in total. The number of nitriles is 1. The van der Waals surface area contributed by atoms with Crippen molar-refractivity contribution in [1.82, 2.24) is 5.32 Å². The van der Waals surface area contributed by atoms with Crippen LogP contribution in [0.3, 0.4) is 0 Å². The van der Waals surface area contributed by atoms with Gasteiger partial charge in [-0.3, -0.25) is 4.79 Å². The lowest BCUT2D eigenvalue weighted by atomic mass is 10.1. The molecule has 0 fully saturated rings. The highest BCUT2D eigenvalue weighted by Gasteiger charge is 2.07. The summed E-state index contributed by atoms with van der Waals surface area (Å²) in [4.78, 5) is 12.0. The van der Waals surface area contributed by atoms with Crippen molar-refractivity contribution in [3.05, 3.63) is 77.0 Å². The highest BCUT2D eigenvalue weighted by Crippen LogP contribution is 2.13. The minimum atomic E-state index is -0.398. The van der Waals surface area contributed by atoms with Crippen LogP contribution in [0.25, 0.3) is 0 Å². The molecule has 0 aliphatic carbocycles. The summed E-state index contributed by atoms with van der Waals surface area (Å²) in [5.74, 6) is -0.398. The van der Waals surface area contributed by atoms with Gasteiger partial charge in [0, 0.05) is 23.5 Å². The molecule has 0 heterocycles. The number of benzene rings is 2. The van der Waals surface area contributed by atoms with E-state index in [2.05, 4.69) is 10.6 Å². The molecular weight excluding hydrogens is 310 g/mol. The van der Waals surface area contributed by atoms with Gasteiger partial charge in [0.05, 0.1) is 0 Å². The molecule has 2 aromatic rings. The van der Waals surface area contributed by atoms with Crippen molar-refractivity contribution < 1.29 is 4.79 Å². The van der Waals surface area contributed by atoms with Crippen LogP contribution in [-0.2, 0) is 11.2 Å². The number of nitrogens with zero attached hydrogens (tertiary/aromatic N) is 1. The number of hydrogen-bond acceptors (Lipinski definition) is 3. The standard InChI is InChI=1S/C18H16ClN3O/c19-16-6-8-17(9-7-16)22-13-15(12-20)18(23)21-11-10-14-4-2-1-3-5-14/h1-9,13,22H,10-11H2,(H,21,23)/b15-13-. The van der Waals surface area contributed by atoms with E-state index in [-0.39, 0.29) is 5.57 Å². The molecule has 0 unspecified atom stereocenters. The van der Waals surface area contributed by atoms with Crippen molar-refractivity contribution in [1.29, 1.82) is 5.26 Å². The second-order valence-electron chi connectivity index (χ2n) is 4.81. The van der Waals surface area contributed by atoms with Crippen LogP contribution in [0.5, 0.6) is 0 Å². The maximum Gasteiger partial charge on any atom is 0.263 e. The van der Waals surface area contributed by atoms with Crippen LogP contribution in [0.4, 0.5) is 5.69 Å². The lowest BCUT2D eigenvalue weighted by Gasteiger charge is -2.05. The Kier molecular flexibility index (Phi) is 6.22.